The minimum absolute atomic E-state index is 0.302. The number of nitrogens with one attached hydrogen (secondary N) is 1. The standard InChI is InChI=1S/C19H20N2O5/c1-2-25-15-11-7-6-10-14(15)19(24)21-12-16(22)26-17(18(20)23)13-8-4-3-5-9-13/h3-11,17H,2,12H2,1H3,(H2,20,23)(H,21,24)/t17-/m1/s1. The molecule has 3 N–H and O–H groups in total. The number of ether oxygens (including phenoxy) is 2. The van der Waals surface area contributed by atoms with E-state index in [-0.39, 0.29) is 0 Å². The third kappa shape index (κ3) is 5.07. The highest BCUT2D eigenvalue weighted by Crippen LogP contribution is 2.18. The summed E-state index contributed by atoms with van der Waals surface area (Å²) in [4.78, 5) is 35.8. The first-order chi connectivity index (χ1) is 12.5. The number of hydrogen-bond donors (Lipinski definition) is 2. The number of esters is 1. The summed E-state index contributed by atoms with van der Waals surface area (Å²) < 4.78 is 10.5. The zero-order valence-electron chi connectivity index (χ0n) is 14.3. The first kappa shape index (κ1) is 19.0. The molecule has 2 amide bonds. The second kappa shape index (κ2) is 9.22. The molecule has 0 spiro atoms. The number of carbonyl (C=O) groups is 3. The van der Waals surface area contributed by atoms with E-state index in [1.165, 1.54) is 0 Å². The summed E-state index contributed by atoms with van der Waals surface area (Å²) >= 11 is 0. The zero-order chi connectivity index (χ0) is 18.9. The highest BCUT2D eigenvalue weighted by atomic mass is 16.5. The van der Waals surface area contributed by atoms with E-state index in [9.17, 15) is 14.4 Å². The van der Waals surface area contributed by atoms with Crippen molar-refractivity contribution in [3.8, 4) is 5.75 Å². The first-order valence-electron chi connectivity index (χ1n) is 8.06. The van der Waals surface area contributed by atoms with Gasteiger partial charge in [-0.25, -0.2) is 0 Å². The normalized spacial score (nSPS) is 11.3. The number of nitrogens with two attached hydrogens (primary N) is 1. The molecule has 1 atom stereocenters. The number of carbonyl (C=O) groups excluding carboxylic acids is 3. The summed E-state index contributed by atoms with van der Waals surface area (Å²) in [5.74, 6) is -1.64. The average molecular weight is 356 g/mol. The first-order valence-corrected chi connectivity index (χ1v) is 8.06. The molecule has 2 rings (SSSR count). The van der Waals surface area contributed by atoms with Crippen LogP contribution in [0, 0.1) is 0 Å². The second-order valence-corrected chi connectivity index (χ2v) is 5.29. The lowest BCUT2D eigenvalue weighted by molar-refractivity contribution is -0.154. The van der Waals surface area contributed by atoms with Gasteiger partial charge < -0.3 is 20.5 Å². The number of rotatable bonds is 8. The molecule has 0 bridgehead atoms. The molecule has 0 aliphatic heterocycles. The summed E-state index contributed by atoms with van der Waals surface area (Å²) in [6, 6.07) is 15.1. The summed E-state index contributed by atoms with van der Waals surface area (Å²) in [6.45, 7) is 1.80. The minimum atomic E-state index is -1.21. The molecule has 2 aromatic carbocycles. The van der Waals surface area contributed by atoms with E-state index >= 15 is 0 Å². The van der Waals surface area contributed by atoms with Crippen LogP contribution in [0.15, 0.2) is 54.6 Å². The Kier molecular flexibility index (Phi) is 6.73. The summed E-state index contributed by atoms with van der Waals surface area (Å²) in [5.41, 5.74) is 6.06. The zero-order valence-corrected chi connectivity index (χ0v) is 14.3. The number of primary amides is 1. The van der Waals surface area contributed by atoms with E-state index in [1.54, 1.807) is 61.5 Å². The Hall–Kier alpha value is -3.35. The maximum Gasteiger partial charge on any atom is 0.326 e. The molecule has 0 aromatic heterocycles. The van der Waals surface area contributed by atoms with Crippen LogP contribution in [0.5, 0.6) is 5.75 Å². The molecule has 0 radical (unpaired) electrons. The summed E-state index contributed by atoms with van der Waals surface area (Å²) in [7, 11) is 0. The van der Waals surface area contributed by atoms with Gasteiger partial charge in [-0.05, 0) is 19.1 Å². The van der Waals surface area contributed by atoms with Crippen LogP contribution in [-0.4, -0.2) is 30.9 Å². The van der Waals surface area contributed by atoms with Crippen molar-refractivity contribution in [2.75, 3.05) is 13.2 Å². The fraction of sp³-hybridized carbons (Fsp3) is 0.211. The molecule has 7 nitrogen and oxygen atoms in total. The average Bonchev–Trinajstić information content (AvgIpc) is 2.65. The quantitative estimate of drug-likeness (QED) is 0.698. The Balaban J connectivity index is 1.97. The van der Waals surface area contributed by atoms with Gasteiger partial charge in [0.15, 0.2) is 0 Å². The van der Waals surface area contributed by atoms with Crippen molar-refractivity contribution in [3.05, 3.63) is 65.7 Å². The molecule has 0 heterocycles. The van der Waals surface area contributed by atoms with Gasteiger partial charge in [0.25, 0.3) is 11.8 Å². The Bertz CT molecular complexity index is 777. The van der Waals surface area contributed by atoms with Gasteiger partial charge in [-0.2, -0.15) is 0 Å². The fourth-order valence-electron chi connectivity index (χ4n) is 2.27. The molecule has 0 aliphatic rings. The molecule has 0 unspecified atom stereocenters. The van der Waals surface area contributed by atoms with Crippen molar-refractivity contribution in [3.63, 3.8) is 0 Å². The predicted octanol–water partition coefficient (Wildman–Crippen LogP) is 1.58. The van der Waals surface area contributed by atoms with Crippen LogP contribution in [-0.2, 0) is 14.3 Å². The lowest BCUT2D eigenvalue weighted by Crippen LogP contribution is -2.34. The van der Waals surface area contributed by atoms with Crippen molar-refractivity contribution in [1.82, 2.24) is 5.32 Å². The van der Waals surface area contributed by atoms with Gasteiger partial charge in [0, 0.05) is 5.56 Å². The van der Waals surface area contributed by atoms with Gasteiger partial charge in [-0.15, -0.1) is 0 Å². The van der Waals surface area contributed by atoms with Gasteiger partial charge in [-0.3, -0.25) is 14.4 Å². The Morgan fingerprint density at radius 3 is 2.35 bits per heavy atom. The van der Waals surface area contributed by atoms with E-state index in [0.717, 1.165) is 0 Å². The third-order valence-corrected chi connectivity index (χ3v) is 3.43. The van der Waals surface area contributed by atoms with Crippen LogP contribution in [0.4, 0.5) is 0 Å². The monoisotopic (exact) mass is 356 g/mol. The Morgan fingerprint density at radius 1 is 1.04 bits per heavy atom. The van der Waals surface area contributed by atoms with Crippen molar-refractivity contribution in [2.24, 2.45) is 5.73 Å². The third-order valence-electron chi connectivity index (χ3n) is 3.43. The molecule has 7 heteroatoms. The molecule has 136 valence electrons. The molecule has 0 aliphatic carbocycles. The largest absolute Gasteiger partial charge is 0.493 e. The second-order valence-electron chi connectivity index (χ2n) is 5.29. The van der Waals surface area contributed by atoms with E-state index in [2.05, 4.69) is 5.32 Å². The fourth-order valence-corrected chi connectivity index (χ4v) is 2.27. The summed E-state index contributed by atoms with van der Waals surface area (Å²) in [5, 5.41) is 2.45. The van der Waals surface area contributed by atoms with Gasteiger partial charge in [0.1, 0.15) is 12.3 Å². The molecular formula is C19H20N2O5. The van der Waals surface area contributed by atoms with Crippen LogP contribution >= 0.6 is 0 Å². The lowest BCUT2D eigenvalue weighted by Gasteiger charge is -2.15. The van der Waals surface area contributed by atoms with E-state index in [0.29, 0.717) is 23.5 Å². The molecule has 0 fully saturated rings. The number of para-hydroxylation sites is 1. The maximum absolute atomic E-state index is 12.2. The van der Waals surface area contributed by atoms with Crippen LogP contribution in [0.3, 0.4) is 0 Å². The molecule has 0 saturated heterocycles. The Morgan fingerprint density at radius 2 is 1.69 bits per heavy atom. The van der Waals surface area contributed by atoms with Gasteiger partial charge >= 0.3 is 5.97 Å². The van der Waals surface area contributed by atoms with Gasteiger partial charge in [-0.1, -0.05) is 42.5 Å². The van der Waals surface area contributed by atoms with Crippen LogP contribution < -0.4 is 15.8 Å². The number of benzene rings is 2. The van der Waals surface area contributed by atoms with Crippen LogP contribution in [0.25, 0.3) is 0 Å². The maximum atomic E-state index is 12.2. The molecule has 0 saturated carbocycles. The van der Waals surface area contributed by atoms with Gasteiger partial charge in [0.05, 0.1) is 12.2 Å². The number of hydrogen-bond acceptors (Lipinski definition) is 5. The van der Waals surface area contributed by atoms with Crippen LogP contribution in [0.2, 0.25) is 0 Å². The van der Waals surface area contributed by atoms with Crippen molar-refractivity contribution >= 4 is 17.8 Å². The SMILES string of the molecule is CCOc1ccccc1C(=O)NCC(=O)O[C@@H](C(N)=O)c1ccccc1. The minimum Gasteiger partial charge on any atom is -0.493 e. The smallest absolute Gasteiger partial charge is 0.326 e. The molecule has 2 aromatic rings. The Labute approximate surface area is 151 Å². The van der Waals surface area contributed by atoms with Crippen molar-refractivity contribution in [2.45, 2.75) is 13.0 Å². The van der Waals surface area contributed by atoms with E-state index < -0.39 is 30.4 Å². The van der Waals surface area contributed by atoms with Gasteiger partial charge in [0.2, 0.25) is 6.10 Å². The van der Waals surface area contributed by atoms with Crippen molar-refractivity contribution in [1.29, 1.82) is 0 Å². The molecule has 26 heavy (non-hydrogen) atoms. The predicted molar refractivity (Wildman–Crippen MR) is 94.4 cm³/mol. The lowest BCUT2D eigenvalue weighted by atomic mass is 10.1. The highest BCUT2D eigenvalue weighted by molar-refractivity contribution is 5.98. The summed E-state index contributed by atoms with van der Waals surface area (Å²) in [6.07, 6.45) is -1.21. The molecular weight excluding hydrogens is 336 g/mol. The highest BCUT2D eigenvalue weighted by Gasteiger charge is 2.23. The van der Waals surface area contributed by atoms with Crippen LogP contribution in [0.1, 0.15) is 28.9 Å². The van der Waals surface area contributed by atoms with Crippen molar-refractivity contribution < 1.29 is 23.9 Å². The van der Waals surface area contributed by atoms with E-state index in [1.807, 2.05) is 0 Å². The van der Waals surface area contributed by atoms with E-state index in [4.69, 9.17) is 15.2 Å². The number of amides is 2. The topological polar surface area (TPSA) is 108 Å².